The maximum Gasteiger partial charge on any atom is 0.217 e. The number of methoxy groups -OCH3 is 1. The summed E-state index contributed by atoms with van der Waals surface area (Å²) in [7, 11) is 0.215. The van der Waals surface area contributed by atoms with Crippen LogP contribution in [0.4, 0.5) is 0 Å². The van der Waals surface area contributed by atoms with Gasteiger partial charge in [-0.2, -0.15) is 0 Å². The second-order valence-corrected chi connectivity index (χ2v) is 13.2. The van der Waals surface area contributed by atoms with Crippen LogP contribution in [0.5, 0.6) is 0 Å². The minimum atomic E-state index is -3.49. The van der Waals surface area contributed by atoms with E-state index < -0.39 is 15.3 Å². The van der Waals surface area contributed by atoms with Gasteiger partial charge in [-0.1, -0.05) is 0 Å². The van der Waals surface area contributed by atoms with Gasteiger partial charge in [-0.25, -0.2) is 23.2 Å². The van der Waals surface area contributed by atoms with Gasteiger partial charge in [0.2, 0.25) is 10.0 Å². The highest BCUT2D eigenvalue weighted by molar-refractivity contribution is 7.90. The zero-order valence-corrected chi connectivity index (χ0v) is 20.8. The Balaban J connectivity index is 1.09. The van der Waals surface area contributed by atoms with E-state index in [4.69, 9.17) is 4.74 Å². The normalized spacial score (nSPS) is 47.0. The highest BCUT2D eigenvalue weighted by Gasteiger charge is 2.49. The topological polar surface area (TPSA) is 101 Å². The second-order valence-electron chi connectivity index (χ2n) is 11.2. The van der Waals surface area contributed by atoms with Crippen LogP contribution in [0.25, 0.3) is 0 Å². The lowest BCUT2D eigenvalue weighted by Crippen LogP contribution is -2.61. The first kappa shape index (κ1) is 23.1. The van der Waals surface area contributed by atoms with Crippen LogP contribution in [0.15, 0.2) is 0 Å². The maximum atomic E-state index is 13.5. The fourth-order valence-electron chi connectivity index (χ4n) is 7.53. The molecule has 7 fully saturated rings. The zero-order valence-electron chi connectivity index (χ0n) is 19.9. The van der Waals surface area contributed by atoms with Crippen molar-refractivity contribution in [3.63, 3.8) is 0 Å². The number of nitrogens with one attached hydrogen (secondary N) is 4. The van der Waals surface area contributed by atoms with Crippen LogP contribution in [0.3, 0.4) is 0 Å². The fourth-order valence-corrected chi connectivity index (χ4v) is 9.04. The molecule has 0 radical (unpaired) electrons. The van der Waals surface area contributed by atoms with Gasteiger partial charge in [0.1, 0.15) is 5.25 Å². The van der Waals surface area contributed by atoms with Crippen molar-refractivity contribution in [2.45, 2.75) is 80.2 Å². The van der Waals surface area contributed by atoms with Gasteiger partial charge >= 0.3 is 0 Å². The van der Waals surface area contributed by atoms with Crippen molar-refractivity contribution >= 4 is 10.0 Å². The summed E-state index contributed by atoms with van der Waals surface area (Å²) < 4.78 is 35.8. The predicted molar refractivity (Wildman–Crippen MR) is 125 cm³/mol. The molecule has 0 aromatic carbocycles. The van der Waals surface area contributed by atoms with Crippen molar-refractivity contribution in [2.24, 2.45) is 11.8 Å². The number of piperidine rings is 1. The molecule has 0 aromatic heterocycles. The van der Waals surface area contributed by atoms with Gasteiger partial charge in [0, 0.05) is 58.5 Å². The first-order valence-corrected chi connectivity index (χ1v) is 14.5. The molecule has 4 N–H and O–H groups in total. The van der Waals surface area contributed by atoms with E-state index in [0.29, 0.717) is 25.0 Å². The molecule has 10 nitrogen and oxygen atoms in total. The molecule has 7 atom stereocenters. The number of fused-ring (bicyclic) bond motifs is 2. The number of likely N-dealkylation sites (N-methyl/N-ethyl adjacent to an activating group) is 1. The summed E-state index contributed by atoms with van der Waals surface area (Å²) in [4.78, 5) is 2.74. The Morgan fingerprint density at radius 3 is 2.61 bits per heavy atom. The summed E-state index contributed by atoms with van der Waals surface area (Å²) in [5, 5.41) is 7.40. The van der Waals surface area contributed by atoms with Crippen LogP contribution in [0.2, 0.25) is 0 Å². The van der Waals surface area contributed by atoms with Crippen molar-refractivity contribution in [1.82, 2.24) is 35.8 Å². The van der Waals surface area contributed by atoms with E-state index in [0.717, 1.165) is 44.3 Å². The maximum absolute atomic E-state index is 13.5. The lowest BCUT2D eigenvalue weighted by molar-refractivity contribution is 0.00328. The van der Waals surface area contributed by atoms with E-state index in [1.807, 2.05) is 7.05 Å². The van der Waals surface area contributed by atoms with Gasteiger partial charge < -0.3 is 10.1 Å². The second kappa shape index (κ2) is 8.94. The molecule has 7 rings (SSSR count). The van der Waals surface area contributed by atoms with Gasteiger partial charge in [0.05, 0.1) is 18.3 Å². The zero-order chi connectivity index (χ0) is 22.7. The van der Waals surface area contributed by atoms with Crippen molar-refractivity contribution in [1.29, 1.82) is 0 Å². The Kier molecular flexibility index (Phi) is 6.24. The van der Waals surface area contributed by atoms with Gasteiger partial charge in [0.25, 0.3) is 0 Å². The van der Waals surface area contributed by atoms with Crippen molar-refractivity contribution in [2.75, 3.05) is 46.9 Å². The third kappa shape index (κ3) is 4.17. The minimum absolute atomic E-state index is 0.0960. The molecule has 0 spiro atoms. The van der Waals surface area contributed by atoms with E-state index in [1.54, 1.807) is 7.11 Å². The fraction of sp³-hybridized carbons (Fsp3) is 1.00. The smallest absolute Gasteiger partial charge is 0.217 e. The molecule has 188 valence electrons. The third-order valence-corrected chi connectivity index (χ3v) is 11.2. The SMILES string of the molecule is COC1CCC2CNN(C)C2C1NS(=O)(=O)C1CNN(C2CC(N3CC4CC3C4)CCN2)C1. The Morgan fingerprint density at radius 1 is 1.00 bits per heavy atom. The minimum Gasteiger partial charge on any atom is -0.380 e. The monoisotopic (exact) mass is 483 g/mol. The summed E-state index contributed by atoms with van der Waals surface area (Å²) >= 11 is 0. The van der Waals surface area contributed by atoms with Crippen LogP contribution < -0.4 is 20.9 Å². The highest BCUT2D eigenvalue weighted by Crippen LogP contribution is 2.43. The molecule has 5 saturated heterocycles. The van der Waals surface area contributed by atoms with E-state index in [9.17, 15) is 8.42 Å². The molecule has 7 unspecified atom stereocenters. The van der Waals surface area contributed by atoms with Crippen LogP contribution in [0.1, 0.15) is 38.5 Å². The van der Waals surface area contributed by atoms with Gasteiger partial charge in [0.15, 0.2) is 0 Å². The van der Waals surface area contributed by atoms with Gasteiger partial charge in [-0.15, -0.1) is 0 Å². The van der Waals surface area contributed by atoms with Crippen molar-refractivity contribution in [3.05, 3.63) is 0 Å². The van der Waals surface area contributed by atoms with E-state index in [1.165, 1.54) is 25.8 Å². The van der Waals surface area contributed by atoms with Crippen molar-refractivity contribution in [3.8, 4) is 0 Å². The number of nitrogens with zero attached hydrogens (tertiary/aromatic N) is 3. The van der Waals surface area contributed by atoms with E-state index in [-0.39, 0.29) is 24.4 Å². The van der Waals surface area contributed by atoms with Crippen LogP contribution in [-0.2, 0) is 14.8 Å². The summed E-state index contributed by atoms with van der Waals surface area (Å²) in [6.45, 7) is 4.14. The number of sulfonamides is 1. The summed E-state index contributed by atoms with van der Waals surface area (Å²) in [5.74, 6) is 1.38. The lowest BCUT2D eigenvalue weighted by atomic mass is 9.80. The van der Waals surface area contributed by atoms with E-state index >= 15 is 0 Å². The van der Waals surface area contributed by atoms with E-state index in [2.05, 4.69) is 35.8 Å². The average Bonchev–Trinajstić information content (AvgIpc) is 3.57. The molecule has 5 aliphatic heterocycles. The average molecular weight is 484 g/mol. The molecule has 0 aromatic rings. The molecule has 5 heterocycles. The quantitative estimate of drug-likeness (QED) is 0.374. The molecule has 2 aliphatic carbocycles. The standard InChI is InChI=1S/C22H41N7O3S/c1-27-22-15(10-24-27)3-4-19(32-2)21(22)26-33(30,31)18-11-25-29(13-18)20-9-16(5-6-23-20)28-12-14-7-17(28)8-14/h14-26H,3-13H2,1-2H3. The molecule has 7 aliphatic rings. The number of hydrogen-bond donors (Lipinski definition) is 4. The molecular weight excluding hydrogens is 442 g/mol. The Bertz CT molecular complexity index is 825. The number of hydrogen-bond acceptors (Lipinski definition) is 9. The summed E-state index contributed by atoms with van der Waals surface area (Å²) in [6, 6.07) is 1.32. The van der Waals surface area contributed by atoms with Gasteiger partial charge in [-0.05, 0) is 56.9 Å². The molecule has 11 heteroatoms. The first-order chi connectivity index (χ1) is 15.9. The molecule has 2 saturated carbocycles. The Morgan fingerprint density at radius 2 is 1.85 bits per heavy atom. The summed E-state index contributed by atoms with van der Waals surface area (Å²) in [5.41, 5.74) is 6.80. The number of ether oxygens (including phenoxy) is 1. The van der Waals surface area contributed by atoms with Crippen LogP contribution in [-0.4, -0.2) is 112 Å². The lowest BCUT2D eigenvalue weighted by Gasteiger charge is -2.41. The highest BCUT2D eigenvalue weighted by atomic mass is 32.2. The number of rotatable bonds is 6. The van der Waals surface area contributed by atoms with Gasteiger partial charge in [-0.3, -0.25) is 15.8 Å². The summed E-state index contributed by atoms with van der Waals surface area (Å²) in [6.07, 6.45) is 7.08. The van der Waals surface area contributed by atoms with Crippen LogP contribution in [0, 0.1) is 11.8 Å². The molecule has 33 heavy (non-hydrogen) atoms. The van der Waals surface area contributed by atoms with Crippen LogP contribution >= 0.6 is 0 Å². The molecular formula is C22H41N7O3S. The Labute approximate surface area is 198 Å². The molecule has 2 bridgehead atoms. The predicted octanol–water partition coefficient (Wildman–Crippen LogP) is -1.12. The Hall–Kier alpha value is -0.370. The third-order valence-electron chi connectivity index (χ3n) is 9.43. The first-order valence-electron chi connectivity index (χ1n) is 12.9. The molecule has 0 amide bonds. The van der Waals surface area contributed by atoms with Crippen molar-refractivity contribution < 1.29 is 13.2 Å². The number of hydrazine groups is 2. The largest absolute Gasteiger partial charge is 0.380 e.